The number of ether oxygens (including phenoxy) is 3. The Morgan fingerprint density at radius 1 is 1.11 bits per heavy atom. The van der Waals surface area contributed by atoms with Gasteiger partial charge < -0.3 is 24.8 Å². The summed E-state index contributed by atoms with van der Waals surface area (Å²) in [6.07, 6.45) is 0. The second kappa shape index (κ2) is 6.90. The van der Waals surface area contributed by atoms with Crippen LogP contribution in [0.4, 0.5) is 0 Å². The topological polar surface area (TPSA) is 51.8 Å². The minimum Gasteiger partial charge on any atom is -0.493 e. The highest BCUT2D eigenvalue weighted by Gasteiger charge is 2.12. The minimum absolute atomic E-state index is 0.580. The fraction of sp³-hybridized carbons (Fsp3) is 0.417. The smallest absolute Gasteiger partial charge is 0.203 e. The van der Waals surface area contributed by atoms with Gasteiger partial charge in [-0.1, -0.05) is 0 Å². The molecule has 0 aromatic heterocycles. The Morgan fingerprint density at radius 3 is 2.06 bits per heavy atom. The number of benzene rings is 1. The van der Waals surface area contributed by atoms with Gasteiger partial charge in [0.15, 0.2) is 16.6 Å². The highest BCUT2D eigenvalue weighted by molar-refractivity contribution is 7.80. The molecule has 18 heavy (non-hydrogen) atoms. The van der Waals surface area contributed by atoms with Crippen molar-refractivity contribution in [3.05, 3.63) is 17.7 Å². The average molecular weight is 270 g/mol. The summed E-state index contributed by atoms with van der Waals surface area (Å²) in [4.78, 5) is 0. The van der Waals surface area contributed by atoms with E-state index in [-0.39, 0.29) is 0 Å². The molecular weight excluding hydrogens is 252 g/mol. The predicted octanol–water partition coefficient (Wildman–Crippen LogP) is 1.31. The Kier molecular flexibility index (Phi) is 5.51. The minimum atomic E-state index is 0.580. The highest BCUT2D eigenvalue weighted by atomic mass is 32.1. The number of methoxy groups -OCH3 is 3. The fourth-order valence-corrected chi connectivity index (χ4v) is 1.58. The van der Waals surface area contributed by atoms with Gasteiger partial charge in [-0.05, 0) is 29.9 Å². The lowest BCUT2D eigenvalue weighted by Crippen LogP contribution is -2.31. The molecule has 0 fully saturated rings. The molecule has 2 N–H and O–H groups in total. The number of nitrogens with one attached hydrogen (secondary N) is 2. The third-order valence-electron chi connectivity index (χ3n) is 2.40. The highest BCUT2D eigenvalue weighted by Crippen LogP contribution is 2.38. The molecule has 0 amide bonds. The standard InChI is InChI=1S/C12H18N2O3S/c1-13-12(18)14-7-8-5-9(15-2)11(17-4)10(6-8)16-3/h5-6H,7H2,1-4H3,(H2,13,14,18). The van der Waals surface area contributed by atoms with Gasteiger partial charge in [0.25, 0.3) is 0 Å². The van der Waals surface area contributed by atoms with Crippen LogP contribution in [0.3, 0.4) is 0 Å². The quantitative estimate of drug-likeness (QED) is 0.787. The molecule has 100 valence electrons. The maximum absolute atomic E-state index is 5.27. The van der Waals surface area contributed by atoms with Crippen LogP contribution in [-0.4, -0.2) is 33.5 Å². The average Bonchev–Trinajstić information content (AvgIpc) is 2.43. The van der Waals surface area contributed by atoms with Crippen LogP contribution in [0.5, 0.6) is 17.2 Å². The Labute approximate surface area is 112 Å². The zero-order valence-corrected chi connectivity index (χ0v) is 11.8. The van der Waals surface area contributed by atoms with Crippen molar-refractivity contribution in [3.8, 4) is 17.2 Å². The normalized spacial score (nSPS) is 9.56. The van der Waals surface area contributed by atoms with E-state index >= 15 is 0 Å². The summed E-state index contributed by atoms with van der Waals surface area (Å²) in [6, 6.07) is 3.76. The first kappa shape index (κ1) is 14.4. The van der Waals surface area contributed by atoms with E-state index in [1.807, 2.05) is 12.1 Å². The van der Waals surface area contributed by atoms with E-state index in [0.29, 0.717) is 28.9 Å². The van der Waals surface area contributed by atoms with Gasteiger partial charge in [-0.2, -0.15) is 0 Å². The molecular formula is C12H18N2O3S. The van der Waals surface area contributed by atoms with E-state index in [4.69, 9.17) is 26.4 Å². The van der Waals surface area contributed by atoms with Crippen molar-refractivity contribution < 1.29 is 14.2 Å². The van der Waals surface area contributed by atoms with Crippen molar-refractivity contribution in [2.75, 3.05) is 28.4 Å². The SMILES string of the molecule is CNC(=S)NCc1cc(OC)c(OC)c(OC)c1. The molecule has 0 radical (unpaired) electrons. The van der Waals surface area contributed by atoms with Gasteiger partial charge in [0, 0.05) is 13.6 Å². The van der Waals surface area contributed by atoms with Crippen molar-refractivity contribution in [1.29, 1.82) is 0 Å². The molecule has 0 heterocycles. The van der Waals surface area contributed by atoms with E-state index in [2.05, 4.69) is 10.6 Å². The van der Waals surface area contributed by atoms with Crippen molar-refractivity contribution >= 4 is 17.3 Å². The fourth-order valence-electron chi connectivity index (χ4n) is 1.51. The second-order valence-corrected chi connectivity index (χ2v) is 3.87. The monoisotopic (exact) mass is 270 g/mol. The summed E-state index contributed by atoms with van der Waals surface area (Å²) >= 11 is 5.02. The van der Waals surface area contributed by atoms with Crippen LogP contribution in [0.15, 0.2) is 12.1 Å². The van der Waals surface area contributed by atoms with Crippen LogP contribution in [0.25, 0.3) is 0 Å². The predicted molar refractivity (Wildman–Crippen MR) is 74.6 cm³/mol. The summed E-state index contributed by atoms with van der Waals surface area (Å²) in [5, 5.41) is 6.49. The molecule has 1 aromatic carbocycles. The molecule has 0 unspecified atom stereocenters. The van der Waals surface area contributed by atoms with E-state index in [1.54, 1.807) is 28.4 Å². The van der Waals surface area contributed by atoms with Crippen molar-refractivity contribution in [3.63, 3.8) is 0 Å². The zero-order valence-electron chi connectivity index (χ0n) is 11.0. The summed E-state index contributed by atoms with van der Waals surface area (Å²) in [5.41, 5.74) is 0.988. The molecule has 1 aromatic rings. The molecule has 0 saturated heterocycles. The van der Waals surface area contributed by atoms with Gasteiger partial charge in [0.2, 0.25) is 5.75 Å². The zero-order chi connectivity index (χ0) is 13.5. The maximum Gasteiger partial charge on any atom is 0.203 e. The lowest BCUT2D eigenvalue weighted by atomic mass is 10.2. The molecule has 5 nitrogen and oxygen atoms in total. The first-order valence-corrected chi connectivity index (χ1v) is 5.81. The van der Waals surface area contributed by atoms with Gasteiger partial charge in [-0.15, -0.1) is 0 Å². The number of hydrogen-bond donors (Lipinski definition) is 2. The summed E-state index contributed by atoms with van der Waals surface area (Å²) in [5.74, 6) is 1.84. The van der Waals surface area contributed by atoms with Crippen molar-refractivity contribution in [1.82, 2.24) is 10.6 Å². The van der Waals surface area contributed by atoms with E-state index in [9.17, 15) is 0 Å². The van der Waals surface area contributed by atoms with Gasteiger partial charge in [0.1, 0.15) is 0 Å². The summed E-state index contributed by atoms with van der Waals surface area (Å²) in [7, 11) is 6.53. The molecule has 6 heteroatoms. The van der Waals surface area contributed by atoms with Crippen LogP contribution < -0.4 is 24.8 Å². The Morgan fingerprint density at radius 2 is 1.67 bits per heavy atom. The maximum atomic E-state index is 5.27. The van der Waals surface area contributed by atoms with Crippen LogP contribution in [0.1, 0.15) is 5.56 Å². The number of rotatable bonds is 5. The Bertz CT molecular complexity index is 399. The lowest BCUT2D eigenvalue weighted by molar-refractivity contribution is 0.323. The first-order valence-electron chi connectivity index (χ1n) is 5.40. The van der Waals surface area contributed by atoms with Gasteiger partial charge in [0.05, 0.1) is 21.3 Å². The van der Waals surface area contributed by atoms with Crippen molar-refractivity contribution in [2.24, 2.45) is 0 Å². The molecule has 0 atom stereocenters. The van der Waals surface area contributed by atoms with Gasteiger partial charge in [-0.3, -0.25) is 0 Å². The van der Waals surface area contributed by atoms with Crippen LogP contribution >= 0.6 is 12.2 Å². The van der Waals surface area contributed by atoms with Gasteiger partial charge in [-0.25, -0.2) is 0 Å². The number of thiocarbonyl (C=S) groups is 1. The molecule has 0 aliphatic heterocycles. The third-order valence-corrected chi connectivity index (χ3v) is 2.75. The van der Waals surface area contributed by atoms with Crippen LogP contribution in [0.2, 0.25) is 0 Å². The van der Waals surface area contributed by atoms with Crippen LogP contribution in [0, 0.1) is 0 Å². The Balaban J connectivity index is 2.96. The third kappa shape index (κ3) is 3.40. The van der Waals surface area contributed by atoms with E-state index in [0.717, 1.165) is 5.56 Å². The summed E-state index contributed by atoms with van der Waals surface area (Å²) < 4.78 is 15.8. The lowest BCUT2D eigenvalue weighted by Gasteiger charge is -2.14. The van der Waals surface area contributed by atoms with Crippen molar-refractivity contribution in [2.45, 2.75) is 6.54 Å². The van der Waals surface area contributed by atoms with E-state index < -0.39 is 0 Å². The number of hydrogen-bond acceptors (Lipinski definition) is 4. The molecule has 0 saturated carbocycles. The molecule has 0 aliphatic carbocycles. The second-order valence-electron chi connectivity index (χ2n) is 3.47. The Hall–Kier alpha value is -1.69. The first-order chi connectivity index (χ1) is 8.65. The molecule has 0 spiro atoms. The van der Waals surface area contributed by atoms with Gasteiger partial charge >= 0.3 is 0 Å². The largest absolute Gasteiger partial charge is 0.493 e. The molecule has 0 bridgehead atoms. The van der Waals surface area contributed by atoms with E-state index in [1.165, 1.54) is 0 Å². The summed E-state index contributed by atoms with van der Waals surface area (Å²) in [6.45, 7) is 0.580. The molecule has 0 aliphatic rings. The van der Waals surface area contributed by atoms with Crippen LogP contribution in [-0.2, 0) is 6.54 Å². The molecule has 1 rings (SSSR count).